The number of benzene rings is 2. The lowest BCUT2D eigenvalue weighted by molar-refractivity contribution is 0.0745. The first-order chi connectivity index (χ1) is 13.2. The van der Waals surface area contributed by atoms with E-state index in [-0.39, 0.29) is 29.6 Å². The number of nitrogens with zero attached hydrogens (tertiary/aromatic N) is 2. The summed E-state index contributed by atoms with van der Waals surface area (Å²) in [7, 11) is 1.80. The third-order valence-corrected chi connectivity index (χ3v) is 4.95. The van der Waals surface area contributed by atoms with Crippen LogP contribution in [0.5, 0.6) is 0 Å². The van der Waals surface area contributed by atoms with Gasteiger partial charge in [-0.3, -0.25) is 9.59 Å². The van der Waals surface area contributed by atoms with Crippen molar-refractivity contribution in [3.8, 4) is 0 Å². The molecule has 2 aromatic carbocycles. The van der Waals surface area contributed by atoms with E-state index in [0.29, 0.717) is 24.2 Å². The molecule has 0 saturated carbocycles. The molecule has 2 N–H and O–H groups in total. The maximum atomic E-state index is 13.2. The molecule has 2 amide bonds. The highest BCUT2D eigenvalue weighted by Crippen LogP contribution is 2.32. The van der Waals surface area contributed by atoms with Crippen molar-refractivity contribution in [1.82, 2.24) is 4.90 Å². The average molecular weight is 416 g/mol. The fraction of sp³-hybridized carbons (Fsp3) is 0.391. The van der Waals surface area contributed by atoms with Gasteiger partial charge in [0.25, 0.3) is 11.8 Å². The average Bonchev–Trinajstić information content (AvgIpc) is 2.65. The van der Waals surface area contributed by atoms with Crippen LogP contribution in [0.3, 0.4) is 0 Å². The van der Waals surface area contributed by atoms with Crippen molar-refractivity contribution >= 4 is 35.6 Å². The van der Waals surface area contributed by atoms with Crippen LogP contribution in [0.2, 0.25) is 0 Å². The van der Waals surface area contributed by atoms with E-state index < -0.39 is 0 Å². The Morgan fingerprint density at radius 3 is 2.45 bits per heavy atom. The van der Waals surface area contributed by atoms with Gasteiger partial charge in [0.2, 0.25) is 0 Å². The topological polar surface area (TPSA) is 66.6 Å². The SMILES string of the molecule is CN(CC(C)(C)C)C(=O)c1cccc(C(=O)N2CCCc3c(N)cccc32)c1.Cl. The van der Waals surface area contributed by atoms with Crippen molar-refractivity contribution in [3.63, 3.8) is 0 Å². The molecule has 0 aliphatic carbocycles. The van der Waals surface area contributed by atoms with Gasteiger partial charge in [-0.05, 0) is 54.2 Å². The number of anilines is 2. The molecule has 0 fully saturated rings. The van der Waals surface area contributed by atoms with Crippen LogP contribution in [-0.4, -0.2) is 36.9 Å². The van der Waals surface area contributed by atoms with Gasteiger partial charge in [-0.25, -0.2) is 0 Å². The second kappa shape index (κ2) is 8.87. The van der Waals surface area contributed by atoms with Crippen LogP contribution in [-0.2, 0) is 6.42 Å². The fourth-order valence-electron chi connectivity index (χ4n) is 3.81. The Morgan fingerprint density at radius 1 is 1.10 bits per heavy atom. The third kappa shape index (κ3) is 5.10. The first kappa shape index (κ1) is 22.8. The molecule has 29 heavy (non-hydrogen) atoms. The van der Waals surface area contributed by atoms with Crippen LogP contribution >= 0.6 is 12.4 Å². The highest BCUT2D eigenvalue weighted by molar-refractivity contribution is 6.08. The lowest BCUT2D eigenvalue weighted by Crippen LogP contribution is -2.36. The number of carbonyl (C=O) groups excluding carboxylic acids is 2. The molecule has 2 aromatic rings. The minimum Gasteiger partial charge on any atom is -0.398 e. The number of nitrogen functional groups attached to an aromatic ring is 1. The second-order valence-electron chi connectivity index (χ2n) is 8.71. The molecule has 1 aliphatic rings. The van der Waals surface area contributed by atoms with Gasteiger partial charge in [0, 0.05) is 42.6 Å². The lowest BCUT2D eigenvalue weighted by atomic mass is 9.96. The summed E-state index contributed by atoms with van der Waals surface area (Å²) < 4.78 is 0. The number of halogens is 1. The van der Waals surface area contributed by atoms with Gasteiger partial charge in [-0.2, -0.15) is 0 Å². The Balaban J connectivity index is 0.00000300. The van der Waals surface area contributed by atoms with E-state index in [1.54, 1.807) is 41.1 Å². The predicted molar refractivity (Wildman–Crippen MR) is 121 cm³/mol. The highest BCUT2D eigenvalue weighted by Gasteiger charge is 2.26. The predicted octanol–water partition coefficient (Wildman–Crippen LogP) is 4.40. The molecule has 0 spiro atoms. The number of carbonyl (C=O) groups is 2. The largest absolute Gasteiger partial charge is 0.398 e. The Hall–Kier alpha value is -2.53. The van der Waals surface area contributed by atoms with E-state index in [1.165, 1.54) is 0 Å². The molecular weight excluding hydrogens is 386 g/mol. The molecule has 5 nitrogen and oxygen atoms in total. The fourth-order valence-corrected chi connectivity index (χ4v) is 3.81. The number of fused-ring (bicyclic) bond motifs is 1. The Bertz CT molecular complexity index is 905. The van der Waals surface area contributed by atoms with E-state index in [1.807, 2.05) is 18.2 Å². The van der Waals surface area contributed by atoms with Crippen molar-refractivity contribution in [3.05, 3.63) is 59.2 Å². The molecule has 6 heteroatoms. The van der Waals surface area contributed by atoms with Crippen LogP contribution in [0.4, 0.5) is 11.4 Å². The summed E-state index contributed by atoms with van der Waals surface area (Å²) in [5.41, 5.74) is 9.78. The molecule has 0 bridgehead atoms. The molecule has 156 valence electrons. The minimum atomic E-state index is -0.0975. The number of hydrogen-bond acceptors (Lipinski definition) is 3. The van der Waals surface area contributed by atoms with Gasteiger partial charge in [0.05, 0.1) is 0 Å². The maximum Gasteiger partial charge on any atom is 0.258 e. The normalized spacial score (nSPS) is 13.3. The number of nitrogens with two attached hydrogens (primary N) is 1. The van der Waals surface area contributed by atoms with Crippen molar-refractivity contribution in [2.75, 3.05) is 30.8 Å². The van der Waals surface area contributed by atoms with Crippen LogP contribution in [0.15, 0.2) is 42.5 Å². The van der Waals surface area contributed by atoms with Gasteiger partial charge in [-0.15, -0.1) is 12.4 Å². The smallest absolute Gasteiger partial charge is 0.258 e. The van der Waals surface area contributed by atoms with E-state index in [2.05, 4.69) is 20.8 Å². The van der Waals surface area contributed by atoms with Gasteiger partial charge >= 0.3 is 0 Å². The molecular formula is C23H30ClN3O2. The van der Waals surface area contributed by atoms with Crippen LogP contribution < -0.4 is 10.6 Å². The van der Waals surface area contributed by atoms with E-state index in [4.69, 9.17) is 5.73 Å². The van der Waals surface area contributed by atoms with Gasteiger partial charge < -0.3 is 15.5 Å². The summed E-state index contributed by atoms with van der Waals surface area (Å²) in [4.78, 5) is 29.5. The summed E-state index contributed by atoms with van der Waals surface area (Å²) in [6.07, 6.45) is 1.75. The summed E-state index contributed by atoms with van der Waals surface area (Å²) in [6, 6.07) is 12.7. The zero-order chi connectivity index (χ0) is 20.5. The molecule has 0 radical (unpaired) electrons. The Morgan fingerprint density at radius 2 is 1.76 bits per heavy atom. The van der Waals surface area contributed by atoms with E-state index in [0.717, 1.165) is 29.8 Å². The number of amides is 2. The van der Waals surface area contributed by atoms with E-state index >= 15 is 0 Å². The summed E-state index contributed by atoms with van der Waals surface area (Å²) in [6.45, 7) is 7.57. The lowest BCUT2D eigenvalue weighted by Gasteiger charge is -2.30. The second-order valence-corrected chi connectivity index (χ2v) is 8.71. The molecule has 1 aliphatic heterocycles. The summed E-state index contributed by atoms with van der Waals surface area (Å²) >= 11 is 0. The number of hydrogen-bond donors (Lipinski definition) is 1. The van der Waals surface area contributed by atoms with Crippen molar-refractivity contribution < 1.29 is 9.59 Å². The molecule has 0 atom stereocenters. The summed E-state index contributed by atoms with van der Waals surface area (Å²) in [5, 5.41) is 0. The van der Waals surface area contributed by atoms with Crippen molar-refractivity contribution in [2.24, 2.45) is 5.41 Å². The van der Waals surface area contributed by atoms with Crippen molar-refractivity contribution in [1.29, 1.82) is 0 Å². The standard InChI is InChI=1S/C23H29N3O2.ClH/c1-23(2,3)15-25(4)21(27)16-8-5-9-17(14-16)22(28)26-13-7-10-18-19(24)11-6-12-20(18)26;/h5-6,8-9,11-12,14H,7,10,13,15,24H2,1-4H3;1H. The Kier molecular flexibility index (Phi) is 6.96. The van der Waals surface area contributed by atoms with E-state index in [9.17, 15) is 9.59 Å². The number of rotatable bonds is 3. The van der Waals surface area contributed by atoms with Gasteiger partial charge in [0.15, 0.2) is 0 Å². The zero-order valence-corrected chi connectivity index (χ0v) is 18.4. The summed E-state index contributed by atoms with van der Waals surface area (Å²) in [5.74, 6) is -0.174. The molecule has 0 saturated heterocycles. The van der Waals surface area contributed by atoms with Crippen LogP contribution in [0.25, 0.3) is 0 Å². The monoisotopic (exact) mass is 415 g/mol. The Labute approximate surface area is 179 Å². The first-order valence-corrected chi connectivity index (χ1v) is 9.72. The maximum absolute atomic E-state index is 13.2. The third-order valence-electron chi connectivity index (χ3n) is 4.95. The van der Waals surface area contributed by atoms with Gasteiger partial charge in [0.1, 0.15) is 0 Å². The molecule has 0 unspecified atom stereocenters. The van der Waals surface area contributed by atoms with Crippen LogP contribution in [0, 0.1) is 5.41 Å². The van der Waals surface area contributed by atoms with Gasteiger partial charge in [-0.1, -0.05) is 32.9 Å². The molecule has 3 rings (SSSR count). The molecule has 0 aromatic heterocycles. The quantitative estimate of drug-likeness (QED) is 0.755. The molecule has 1 heterocycles. The minimum absolute atomic E-state index is 0. The first-order valence-electron chi connectivity index (χ1n) is 9.72. The highest BCUT2D eigenvalue weighted by atomic mass is 35.5. The van der Waals surface area contributed by atoms with Crippen LogP contribution in [0.1, 0.15) is 53.5 Å². The van der Waals surface area contributed by atoms with Crippen molar-refractivity contribution in [2.45, 2.75) is 33.6 Å². The zero-order valence-electron chi connectivity index (χ0n) is 17.6.